The Morgan fingerprint density at radius 1 is 1.30 bits per heavy atom. The standard InChI is InChI=1S/C26H33F2N5O5.2ClH/c1-31(2)13-20(29)25(35)30-10-19(28)14-5-4-8-32(11-14)22-18(27)9-16-21(24(22)38-3)33(15-6-7-15)12-17(23(16)34)26(36)37;;/h9,12,15,20H,4-8,10-11,13,29H2,1-3H3,(H,30,35)(H,36,37);2*1H/t20-;;/m0../s1. The summed E-state index contributed by atoms with van der Waals surface area (Å²) in [5.41, 5.74) is 5.43. The number of amides is 1. The fraction of sp³-hybridized carbons (Fsp3) is 0.500. The first-order valence-corrected chi connectivity index (χ1v) is 12.5. The molecule has 1 saturated heterocycles. The van der Waals surface area contributed by atoms with Crippen LogP contribution >= 0.6 is 24.8 Å². The van der Waals surface area contributed by atoms with Crippen molar-refractivity contribution in [1.29, 1.82) is 0 Å². The number of hydrogen-bond donors (Lipinski definition) is 3. The summed E-state index contributed by atoms with van der Waals surface area (Å²) in [7, 11) is 4.92. The van der Waals surface area contributed by atoms with Gasteiger partial charge in [-0.2, -0.15) is 0 Å². The Kier molecular flexibility index (Phi) is 11.3. The number of carbonyl (C=O) groups excluding carboxylic acids is 1. The molecule has 1 aromatic carbocycles. The lowest BCUT2D eigenvalue weighted by atomic mass is 10.0. The molecule has 2 heterocycles. The number of nitrogens with two attached hydrogens (primary N) is 1. The molecule has 40 heavy (non-hydrogen) atoms. The van der Waals surface area contributed by atoms with Crippen LogP contribution in [0.4, 0.5) is 14.5 Å². The predicted molar refractivity (Wildman–Crippen MR) is 154 cm³/mol. The van der Waals surface area contributed by atoms with Crippen LogP contribution in [0, 0.1) is 5.82 Å². The van der Waals surface area contributed by atoms with Crippen molar-refractivity contribution in [3.63, 3.8) is 0 Å². The third kappa shape index (κ3) is 6.85. The average molecular weight is 606 g/mol. The Bertz CT molecular complexity index is 1360. The van der Waals surface area contributed by atoms with Gasteiger partial charge in [0.25, 0.3) is 0 Å². The molecule has 10 nitrogen and oxygen atoms in total. The summed E-state index contributed by atoms with van der Waals surface area (Å²) < 4.78 is 38.0. The number of nitrogens with one attached hydrogen (secondary N) is 1. The van der Waals surface area contributed by atoms with Crippen LogP contribution in [0.3, 0.4) is 0 Å². The number of anilines is 1. The van der Waals surface area contributed by atoms with Gasteiger partial charge in [-0.3, -0.25) is 9.59 Å². The van der Waals surface area contributed by atoms with E-state index in [0.29, 0.717) is 37.0 Å². The summed E-state index contributed by atoms with van der Waals surface area (Å²) in [6.07, 6.45) is 3.84. The van der Waals surface area contributed by atoms with E-state index >= 15 is 8.78 Å². The van der Waals surface area contributed by atoms with Crippen LogP contribution in [0.1, 0.15) is 42.1 Å². The van der Waals surface area contributed by atoms with Crippen molar-refractivity contribution in [2.45, 2.75) is 37.8 Å². The second-order valence-corrected chi connectivity index (χ2v) is 10.1. The predicted octanol–water partition coefficient (Wildman–Crippen LogP) is 2.85. The van der Waals surface area contributed by atoms with E-state index in [4.69, 9.17) is 10.5 Å². The number of benzene rings is 1. The van der Waals surface area contributed by atoms with Crippen LogP contribution in [0.2, 0.25) is 0 Å². The maximum atomic E-state index is 15.6. The topological polar surface area (TPSA) is 130 Å². The molecule has 1 aliphatic heterocycles. The highest BCUT2D eigenvalue weighted by Gasteiger charge is 2.32. The number of fused-ring (bicyclic) bond motifs is 1. The molecule has 4 N–H and O–H groups in total. The first-order valence-electron chi connectivity index (χ1n) is 12.5. The van der Waals surface area contributed by atoms with E-state index in [1.807, 2.05) is 0 Å². The monoisotopic (exact) mass is 605 g/mol. The summed E-state index contributed by atoms with van der Waals surface area (Å²) >= 11 is 0. The molecule has 0 spiro atoms. The number of aromatic nitrogens is 1. The van der Waals surface area contributed by atoms with Gasteiger partial charge in [-0.25, -0.2) is 13.6 Å². The van der Waals surface area contributed by atoms with Gasteiger partial charge in [0, 0.05) is 31.9 Å². The molecule has 1 saturated carbocycles. The van der Waals surface area contributed by atoms with E-state index in [2.05, 4.69) is 5.32 Å². The fourth-order valence-electron chi connectivity index (χ4n) is 4.91. The van der Waals surface area contributed by atoms with Gasteiger partial charge in [0.05, 0.1) is 30.6 Å². The van der Waals surface area contributed by atoms with Crippen LogP contribution in [0.25, 0.3) is 10.9 Å². The third-order valence-electron chi connectivity index (χ3n) is 6.88. The summed E-state index contributed by atoms with van der Waals surface area (Å²) in [4.78, 5) is 40.2. The quantitative estimate of drug-likeness (QED) is 0.398. The summed E-state index contributed by atoms with van der Waals surface area (Å²) in [5, 5.41) is 12.0. The zero-order valence-corrected chi connectivity index (χ0v) is 24.2. The molecule has 1 amide bonds. The molecule has 1 aliphatic carbocycles. The largest absolute Gasteiger partial charge is 0.492 e. The first-order chi connectivity index (χ1) is 18.0. The number of hydrogen-bond acceptors (Lipinski definition) is 7. The average Bonchev–Trinajstić information content (AvgIpc) is 3.71. The lowest BCUT2D eigenvalue weighted by Crippen LogP contribution is -2.47. The molecule has 1 aromatic heterocycles. The highest BCUT2D eigenvalue weighted by Crippen LogP contribution is 2.44. The van der Waals surface area contributed by atoms with Gasteiger partial charge in [-0.15, -0.1) is 24.8 Å². The van der Waals surface area contributed by atoms with E-state index in [1.165, 1.54) is 13.3 Å². The molecule has 0 bridgehead atoms. The van der Waals surface area contributed by atoms with Crippen LogP contribution in [0.5, 0.6) is 5.75 Å². The lowest BCUT2D eigenvalue weighted by Gasteiger charge is -2.33. The number of nitrogens with zero attached hydrogens (tertiary/aromatic N) is 3. The SMILES string of the molecule is COc1c(N2CCCC(=C(F)CNC(=O)[C@@H](N)CN(C)C)C2)c(F)cc2c(=O)c(C(=O)O)cn(C3CC3)c12.Cl.Cl. The Hall–Kier alpha value is -2.93. The Morgan fingerprint density at radius 2 is 1.98 bits per heavy atom. The molecular weight excluding hydrogens is 571 g/mol. The highest BCUT2D eigenvalue weighted by molar-refractivity contribution is 5.97. The summed E-state index contributed by atoms with van der Waals surface area (Å²) in [6, 6.07) is 0.217. The number of piperidine rings is 1. The Labute approximate surface area is 242 Å². The number of carboxylic acid groups (broad SMARTS) is 1. The number of carbonyl (C=O) groups is 2. The molecule has 2 aromatic rings. The molecule has 1 atom stereocenters. The smallest absolute Gasteiger partial charge is 0.341 e. The normalized spacial score (nSPS) is 17.1. The molecule has 0 radical (unpaired) electrons. The molecule has 2 fully saturated rings. The van der Waals surface area contributed by atoms with Crippen molar-refractivity contribution in [1.82, 2.24) is 14.8 Å². The maximum absolute atomic E-state index is 15.6. The third-order valence-corrected chi connectivity index (χ3v) is 6.88. The number of aromatic carboxylic acids is 1. The van der Waals surface area contributed by atoms with E-state index in [-0.39, 0.29) is 60.8 Å². The minimum atomic E-state index is -1.38. The van der Waals surface area contributed by atoms with Gasteiger partial charge >= 0.3 is 5.97 Å². The summed E-state index contributed by atoms with van der Waals surface area (Å²) in [6.45, 7) is 0.472. The van der Waals surface area contributed by atoms with E-state index in [0.717, 1.165) is 18.9 Å². The maximum Gasteiger partial charge on any atom is 0.341 e. The van der Waals surface area contributed by atoms with Gasteiger partial charge < -0.3 is 35.3 Å². The van der Waals surface area contributed by atoms with Gasteiger partial charge in [0.1, 0.15) is 17.1 Å². The Balaban J connectivity index is 0.00000280. The number of methoxy groups -OCH3 is 1. The number of halogens is 4. The number of rotatable bonds is 9. The first kappa shape index (κ1) is 33.3. The van der Waals surface area contributed by atoms with Crippen LogP contribution < -0.4 is 26.1 Å². The number of likely N-dealkylation sites (N-methyl/N-ethyl adjacent to an activating group) is 1. The number of pyridine rings is 1. The zero-order chi connectivity index (χ0) is 27.7. The van der Waals surface area contributed by atoms with Crippen molar-refractivity contribution in [3.05, 3.63) is 45.3 Å². The fourth-order valence-corrected chi connectivity index (χ4v) is 4.91. The molecular formula is C26H35Cl2F2N5O5. The van der Waals surface area contributed by atoms with Crippen molar-refractivity contribution in [3.8, 4) is 5.75 Å². The molecule has 4 rings (SSSR count). The lowest BCUT2D eigenvalue weighted by molar-refractivity contribution is -0.122. The molecule has 14 heteroatoms. The van der Waals surface area contributed by atoms with Crippen LogP contribution in [-0.4, -0.2) is 79.9 Å². The Morgan fingerprint density at radius 3 is 2.55 bits per heavy atom. The van der Waals surface area contributed by atoms with Gasteiger partial charge in [0.15, 0.2) is 11.6 Å². The second-order valence-electron chi connectivity index (χ2n) is 10.1. The minimum absolute atomic E-state index is 0. The van der Waals surface area contributed by atoms with Crippen molar-refractivity contribution >= 4 is 53.3 Å². The van der Waals surface area contributed by atoms with Crippen molar-refractivity contribution in [2.24, 2.45) is 5.73 Å². The summed E-state index contributed by atoms with van der Waals surface area (Å²) in [5.74, 6) is -3.03. The van der Waals surface area contributed by atoms with Gasteiger partial charge in [-0.05, 0) is 51.4 Å². The van der Waals surface area contributed by atoms with E-state index in [9.17, 15) is 19.5 Å². The van der Waals surface area contributed by atoms with Gasteiger partial charge in [-0.1, -0.05) is 0 Å². The zero-order valence-electron chi connectivity index (χ0n) is 22.5. The highest BCUT2D eigenvalue weighted by atomic mass is 35.5. The molecule has 0 unspecified atom stereocenters. The molecule has 2 aliphatic rings. The van der Waals surface area contributed by atoms with Crippen LogP contribution in [0.15, 0.2) is 28.5 Å². The van der Waals surface area contributed by atoms with E-state index in [1.54, 1.807) is 28.5 Å². The van der Waals surface area contributed by atoms with Gasteiger partial charge in [0.2, 0.25) is 11.3 Å². The molecule has 222 valence electrons. The van der Waals surface area contributed by atoms with E-state index < -0.39 is 40.6 Å². The minimum Gasteiger partial charge on any atom is -0.492 e. The van der Waals surface area contributed by atoms with Crippen molar-refractivity contribution < 1.29 is 28.2 Å². The number of ether oxygens (including phenoxy) is 1. The second kappa shape index (κ2) is 13.6. The number of carboxylic acids is 1. The van der Waals surface area contributed by atoms with Crippen LogP contribution in [-0.2, 0) is 4.79 Å². The van der Waals surface area contributed by atoms with Crippen molar-refractivity contribution in [2.75, 3.05) is 52.3 Å².